The minimum absolute atomic E-state index is 0.119. The van der Waals surface area contributed by atoms with Gasteiger partial charge in [-0.3, -0.25) is 19.5 Å². The third-order valence-electron chi connectivity index (χ3n) is 4.97. The number of carbonyl (C=O) groups excluding carboxylic acids is 2. The van der Waals surface area contributed by atoms with Crippen LogP contribution in [0.25, 0.3) is 5.76 Å². The van der Waals surface area contributed by atoms with Crippen molar-refractivity contribution in [2.24, 2.45) is 0 Å². The van der Waals surface area contributed by atoms with E-state index in [4.69, 9.17) is 16.3 Å². The average Bonchev–Trinajstić information content (AvgIpc) is 3.06. The van der Waals surface area contributed by atoms with Crippen molar-refractivity contribution in [3.8, 4) is 5.75 Å². The van der Waals surface area contributed by atoms with Crippen LogP contribution < -0.4 is 9.64 Å². The van der Waals surface area contributed by atoms with Crippen molar-refractivity contribution >= 4 is 34.7 Å². The Labute approximate surface area is 182 Å². The van der Waals surface area contributed by atoms with Crippen LogP contribution in [0.15, 0.2) is 72.6 Å². The zero-order valence-electron chi connectivity index (χ0n) is 16.3. The molecule has 1 unspecified atom stereocenters. The van der Waals surface area contributed by atoms with Crippen LogP contribution >= 0.6 is 11.6 Å². The molecule has 31 heavy (non-hydrogen) atoms. The topological polar surface area (TPSA) is 79.7 Å². The molecule has 0 spiro atoms. The Balaban J connectivity index is 1.94. The number of aliphatic hydroxyl groups is 1. The summed E-state index contributed by atoms with van der Waals surface area (Å²) in [5.74, 6) is -2.30. The van der Waals surface area contributed by atoms with Gasteiger partial charge in [-0.1, -0.05) is 29.8 Å². The number of ketones is 1. The zero-order valence-corrected chi connectivity index (χ0v) is 17.0. The number of rotatable bonds is 4. The summed E-state index contributed by atoms with van der Waals surface area (Å²) in [7, 11) is 1.48. The number of aliphatic hydroxyl groups excluding tert-OH is 1. The molecule has 3 aromatic rings. The first kappa shape index (κ1) is 20.6. The predicted octanol–water partition coefficient (Wildman–Crippen LogP) is 4.51. The van der Waals surface area contributed by atoms with Crippen LogP contribution in [0.3, 0.4) is 0 Å². The van der Waals surface area contributed by atoms with E-state index in [9.17, 15) is 19.1 Å². The number of carbonyl (C=O) groups is 2. The maximum absolute atomic E-state index is 13.7. The van der Waals surface area contributed by atoms with Gasteiger partial charge in [0.15, 0.2) is 0 Å². The highest BCUT2D eigenvalue weighted by Gasteiger charge is 2.47. The van der Waals surface area contributed by atoms with Gasteiger partial charge in [-0.2, -0.15) is 0 Å². The lowest BCUT2D eigenvalue weighted by Crippen LogP contribution is -2.29. The second-order valence-electron chi connectivity index (χ2n) is 6.79. The van der Waals surface area contributed by atoms with Crippen molar-refractivity contribution in [3.63, 3.8) is 0 Å². The van der Waals surface area contributed by atoms with Crippen LogP contribution in [0.1, 0.15) is 17.2 Å². The first-order chi connectivity index (χ1) is 14.9. The molecule has 1 saturated heterocycles. The number of nitrogens with zero attached hydrogens (tertiary/aromatic N) is 2. The smallest absolute Gasteiger partial charge is 0.300 e. The molecule has 1 fully saturated rings. The van der Waals surface area contributed by atoms with Gasteiger partial charge in [0.25, 0.3) is 11.7 Å². The molecule has 2 aromatic carbocycles. The summed E-state index contributed by atoms with van der Waals surface area (Å²) < 4.78 is 18.9. The van der Waals surface area contributed by atoms with Gasteiger partial charge < -0.3 is 9.84 Å². The maximum Gasteiger partial charge on any atom is 0.300 e. The Morgan fingerprint density at radius 1 is 1.16 bits per heavy atom. The summed E-state index contributed by atoms with van der Waals surface area (Å²) in [6, 6.07) is 12.6. The average molecular weight is 439 g/mol. The third-order valence-corrected chi connectivity index (χ3v) is 5.26. The number of pyridine rings is 1. The largest absolute Gasteiger partial charge is 0.507 e. The van der Waals surface area contributed by atoms with Gasteiger partial charge in [-0.05, 0) is 42.0 Å². The van der Waals surface area contributed by atoms with Gasteiger partial charge in [0.05, 0.1) is 23.7 Å². The molecule has 1 aliphatic heterocycles. The normalized spacial score (nSPS) is 17.8. The highest BCUT2D eigenvalue weighted by atomic mass is 35.5. The molecule has 6 nitrogen and oxygen atoms in total. The predicted molar refractivity (Wildman–Crippen MR) is 113 cm³/mol. The second kappa shape index (κ2) is 8.20. The van der Waals surface area contributed by atoms with Crippen molar-refractivity contribution in [2.75, 3.05) is 12.0 Å². The molecule has 156 valence electrons. The van der Waals surface area contributed by atoms with E-state index in [0.29, 0.717) is 16.9 Å². The molecule has 1 aromatic heterocycles. The lowest BCUT2D eigenvalue weighted by atomic mass is 9.96. The van der Waals surface area contributed by atoms with E-state index in [-0.39, 0.29) is 22.0 Å². The molecular formula is C23H16ClFN2O4. The van der Waals surface area contributed by atoms with E-state index in [2.05, 4.69) is 4.98 Å². The molecule has 8 heteroatoms. The summed E-state index contributed by atoms with van der Waals surface area (Å²) >= 11 is 5.91. The Bertz CT molecular complexity index is 1210. The molecule has 1 atom stereocenters. The minimum Gasteiger partial charge on any atom is -0.507 e. The van der Waals surface area contributed by atoms with Crippen LogP contribution in [-0.4, -0.2) is 28.9 Å². The van der Waals surface area contributed by atoms with E-state index < -0.39 is 23.5 Å². The van der Waals surface area contributed by atoms with Crippen LogP contribution in [0.4, 0.5) is 10.1 Å². The van der Waals surface area contributed by atoms with Gasteiger partial charge in [0, 0.05) is 23.6 Å². The van der Waals surface area contributed by atoms with Crippen molar-refractivity contribution in [3.05, 3.63) is 94.5 Å². The Kier molecular flexibility index (Phi) is 5.44. The van der Waals surface area contributed by atoms with Crippen molar-refractivity contribution in [1.29, 1.82) is 0 Å². The zero-order chi connectivity index (χ0) is 22.1. The lowest BCUT2D eigenvalue weighted by Gasteiger charge is -2.25. The molecule has 0 aliphatic carbocycles. The molecule has 0 radical (unpaired) electrons. The summed E-state index contributed by atoms with van der Waals surface area (Å²) in [6.07, 6.45) is 3.04. The number of aromatic nitrogens is 1. The first-order valence-corrected chi connectivity index (χ1v) is 9.60. The van der Waals surface area contributed by atoms with Gasteiger partial charge >= 0.3 is 0 Å². The van der Waals surface area contributed by atoms with Gasteiger partial charge in [-0.25, -0.2) is 4.39 Å². The fraction of sp³-hybridized carbons (Fsp3) is 0.0870. The number of hydrogen-bond acceptors (Lipinski definition) is 5. The molecular weight excluding hydrogens is 423 g/mol. The van der Waals surface area contributed by atoms with Gasteiger partial charge in [0.2, 0.25) is 0 Å². The van der Waals surface area contributed by atoms with Crippen LogP contribution in [0, 0.1) is 5.82 Å². The van der Waals surface area contributed by atoms with Crippen LogP contribution in [0.2, 0.25) is 5.02 Å². The quantitative estimate of drug-likeness (QED) is 0.368. The fourth-order valence-electron chi connectivity index (χ4n) is 3.51. The first-order valence-electron chi connectivity index (χ1n) is 9.22. The number of methoxy groups -OCH3 is 1. The highest BCUT2D eigenvalue weighted by molar-refractivity contribution is 6.51. The highest BCUT2D eigenvalue weighted by Crippen LogP contribution is 2.42. The standard InChI is InChI=1S/C23H16ClFN2O4/c1-31-16-6-2-4-13(10-16)21(28)19-20(14-5-3-9-26-12-14)27(23(30)22(19)29)15-7-8-18(25)17(24)11-15/h2-12,20,28H,1H3/b21-19+. The molecule has 4 rings (SSSR count). The molecule has 0 bridgehead atoms. The number of hydrogen-bond donors (Lipinski definition) is 1. The van der Waals surface area contributed by atoms with E-state index in [1.807, 2.05) is 0 Å². The van der Waals surface area contributed by atoms with Crippen molar-refractivity contribution in [1.82, 2.24) is 4.98 Å². The summed E-state index contributed by atoms with van der Waals surface area (Å²) in [5, 5.41) is 10.8. The lowest BCUT2D eigenvalue weighted by molar-refractivity contribution is -0.132. The Morgan fingerprint density at radius 2 is 1.97 bits per heavy atom. The number of benzene rings is 2. The third kappa shape index (κ3) is 3.64. The van der Waals surface area contributed by atoms with E-state index in [0.717, 1.165) is 6.07 Å². The number of amides is 1. The van der Waals surface area contributed by atoms with E-state index in [1.54, 1.807) is 42.6 Å². The molecule has 1 N–H and O–H groups in total. The van der Waals surface area contributed by atoms with Crippen LogP contribution in [-0.2, 0) is 9.59 Å². The van der Waals surface area contributed by atoms with E-state index >= 15 is 0 Å². The maximum atomic E-state index is 13.7. The van der Waals surface area contributed by atoms with Gasteiger partial charge in [0.1, 0.15) is 17.3 Å². The van der Waals surface area contributed by atoms with Gasteiger partial charge in [-0.15, -0.1) is 0 Å². The molecule has 0 saturated carbocycles. The molecule has 2 heterocycles. The minimum atomic E-state index is -0.985. The fourth-order valence-corrected chi connectivity index (χ4v) is 3.69. The summed E-state index contributed by atoms with van der Waals surface area (Å²) in [4.78, 5) is 31.3. The number of Topliss-reactive ketones (excluding diaryl/α,β-unsaturated/α-hetero) is 1. The van der Waals surface area contributed by atoms with E-state index in [1.165, 1.54) is 30.3 Å². The number of anilines is 1. The van der Waals surface area contributed by atoms with Crippen LogP contribution in [0.5, 0.6) is 5.75 Å². The summed E-state index contributed by atoms with van der Waals surface area (Å²) in [5.41, 5.74) is 0.897. The molecule has 1 amide bonds. The number of halogens is 2. The van der Waals surface area contributed by atoms with Crippen molar-refractivity contribution < 1.29 is 23.8 Å². The second-order valence-corrected chi connectivity index (χ2v) is 7.19. The monoisotopic (exact) mass is 438 g/mol. The Morgan fingerprint density at radius 3 is 2.65 bits per heavy atom. The van der Waals surface area contributed by atoms with Crippen molar-refractivity contribution in [2.45, 2.75) is 6.04 Å². The summed E-state index contributed by atoms with van der Waals surface area (Å²) in [6.45, 7) is 0. The SMILES string of the molecule is COc1cccc(/C(O)=C2\C(=O)C(=O)N(c3ccc(F)c(Cl)c3)C2c2cccnc2)c1. The number of ether oxygens (including phenoxy) is 1. The molecule has 1 aliphatic rings. The Hall–Kier alpha value is -3.71.